The minimum Gasteiger partial charge on any atom is -0.493 e. The van der Waals surface area contributed by atoms with E-state index in [0.717, 1.165) is 24.1 Å². The quantitative estimate of drug-likeness (QED) is 0.538. The molecule has 0 unspecified atom stereocenters. The van der Waals surface area contributed by atoms with Crippen LogP contribution in [0, 0.1) is 0 Å². The Bertz CT molecular complexity index is 936. The second kappa shape index (κ2) is 9.56. The number of aryl methyl sites for hydroxylation is 1. The Morgan fingerprint density at radius 3 is 2.66 bits per heavy atom. The largest absolute Gasteiger partial charge is 0.493 e. The van der Waals surface area contributed by atoms with Gasteiger partial charge in [-0.3, -0.25) is 9.59 Å². The van der Waals surface area contributed by atoms with Gasteiger partial charge in [0.15, 0.2) is 11.5 Å². The second-order valence-corrected chi connectivity index (χ2v) is 7.71. The molecule has 1 aromatic carbocycles. The molecule has 1 aliphatic carbocycles. The van der Waals surface area contributed by atoms with Crippen molar-refractivity contribution in [2.75, 3.05) is 20.8 Å². The summed E-state index contributed by atoms with van der Waals surface area (Å²) in [6.45, 7) is 1.71. The van der Waals surface area contributed by atoms with Gasteiger partial charge >= 0.3 is 0 Å². The summed E-state index contributed by atoms with van der Waals surface area (Å²) in [7, 11) is 3.02. The van der Waals surface area contributed by atoms with Crippen molar-refractivity contribution >= 4 is 28.9 Å². The molecule has 0 saturated carbocycles. The molecule has 2 N–H and O–H groups in total. The molecule has 1 heterocycles. The summed E-state index contributed by atoms with van der Waals surface area (Å²) in [6, 6.07) is 4.81. The molecule has 2 amide bonds. The van der Waals surface area contributed by atoms with E-state index in [2.05, 4.69) is 21.2 Å². The Labute approximate surface area is 174 Å². The van der Waals surface area contributed by atoms with Crippen LogP contribution in [0.4, 0.5) is 0 Å². The molecule has 29 heavy (non-hydrogen) atoms. The van der Waals surface area contributed by atoms with Crippen molar-refractivity contribution in [2.45, 2.75) is 32.6 Å². The molecule has 1 aliphatic rings. The van der Waals surface area contributed by atoms with Gasteiger partial charge in [-0.15, -0.1) is 11.3 Å². The topological polar surface area (TPSA) is 89.0 Å². The van der Waals surface area contributed by atoms with E-state index in [1.165, 1.54) is 37.5 Å². The number of thiophene rings is 1. The molecule has 2 aromatic rings. The van der Waals surface area contributed by atoms with Crippen molar-refractivity contribution in [1.29, 1.82) is 0 Å². The van der Waals surface area contributed by atoms with E-state index in [1.54, 1.807) is 29.5 Å². The second-order valence-electron chi connectivity index (χ2n) is 6.74. The maximum atomic E-state index is 12.3. The molecule has 8 heteroatoms. The van der Waals surface area contributed by atoms with Crippen LogP contribution < -0.4 is 20.2 Å². The first-order chi connectivity index (χ1) is 14.0. The minimum absolute atomic E-state index is 0.175. The van der Waals surface area contributed by atoms with Crippen molar-refractivity contribution < 1.29 is 19.1 Å². The van der Waals surface area contributed by atoms with Crippen LogP contribution in [-0.4, -0.2) is 38.3 Å². The molecular weight excluding hydrogens is 390 g/mol. The first kappa shape index (κ1) is 20.9. The highest BCUT2D eigenvalue weighted by molar-refractivity contribution is 7.10. The minimum atomic E-state index is -0.387. The molecule has 7 nitrogen and oxygen atoms in total. The fourth-order valence-corrected chi connectivity index (χ4v) is 4.47. The standard InChI is InChI=1S/C21H25N3O4S/c1-13(16-12-29-19-7-5-4-6-15(16)19)23-24-20(25)11-22-21(26)14-8-9-17(27-2)18(10-14)28-3/h8-10,12H,4-7,11H2,1-3H3,(H,22,26)(H,24,25). The van der Waals surface area contributed by atoms with Gasteiger partial charge in [-0.1, -0.05) is 0 Å². The summed E-state index contributed by atoms with van der Waals surface area (Å²) >= 11 is 1.76. The van der Waals surface area contributed by atoms with Crippen LogP contribution in [0.15, 0.2) is 28.7 Å². The van der Waals surface area contributed by atoms with Gasteiger partial charge < -0.3 is 14.8 Å². The summed E-state index contributed by atoms with van der Waals surface area (Å²) in [5.41, 5.74) is 6.15. The molecule has 154 valence electrons. The normalized spacial score (nSPS) is 13.4. The summed E-state index contributed by atoms with van der Waals surface area (Å²) in [6.07, 6.45) is 4.62. The molecule has 0 bridgehead atoms. The number of nitrogens with zero attached hydrogens (tertiary/aromatic N) is 1. The van der Waals surface area contributed by atoms with Gasteiger partial charge in [-0.2, -0.15) is 5.10 Å². The molecule has 0 saturated heterocycles. The molecule has 0 atom stereocenters. The van der Waals surface area contributed by atoms with Crippen molar-refractivity contribution in [1.82, 2.24) is 10.7 Å². The highest BCUT2D eigenvalue weighted by atomic mass is 32.1. The van der Waals surface area contributed by atoms with Crippen LogP contribution in [-0.2, 0) is 17.6 Å². The predicted octanol–water partition coefficient (Wildman–Crippen LogP) is 2.91. The Morgan fingerprint density at radius 2 is 1.90 bits per heavy atom. The highest BCUT2D eigenvalue weighted by Gasteiger charge is 2.17. The van der Waals surface area contributed by atoms with Crippen LogP contribution >= 0.6 is 11.3 Å². The third-order valence-corrected chi connectivity index (χ3v) is 5.94. The van der Waals surface area contributed by atoms with Gasteiger partial charge in [0.05, 0.1) is 26.5 Å². The smallest absolute Gasteiger partial charge is 0.259 e. The number of carbonyl (C=O) groups excluding carboxylic acids is 2. The zero-order valence-corrected chi connectivity index (χ0v) is 17.6. The molecule has 1 aromatic heterocycles. The maximum Gasteiger partial charge on any atom is 0.259 e. The number of rotatable bonds is 7. The third-order valence-electron chi connectivity index (χ3n) is 4.85. The van der Waals surface area contributed by atoms with Crippen LogP contribution in [0.5, 0.6) is 11.5 Å². The predicted molar refractivity (Wildman–Crippen MR) is 113 cm³/mol. The first-order valence-electron chi connectivity index (χ1n) is 9.46. The lowest BCUT2D eigenvalue weighted by atomic mass is 9.94. The monoisotopic (exact) mass is 415 g/mol. The van der Waals surface area contributed by atoms with E-state index in [-0.39, 0.29) is 18.4 Å². The highest BCUT2D eigenvalue weighted by Crippen LogP contribution is 2.30. The maximum absolute atomic E-state index is 12.3. The van der Waals surface area contributed by atoms with Crippen LogP contribution in [0.25, 0.3) is 0 Å². The van der Waals surface area contributed by atoms with Gasteiger partial charge in [0.25, 0.3) is 11.8 Å². The number of ether oxygens (including phenoxy) is 2. The number of carbonyl (C=O) groups is 2. The average molecular weight is 416 g/mol. The van der Waals surface area contributed by atoms with Crippen LogP contribution in [0.1, 0.15) is 46.1 Å². The van der Waals surface area contributed by atoms with Gasteiger partial charge in [0.1, 0.15) is 0 Å². The fraction of sp³-hybridized carbons (Fsp3) is 0.381. The Morgan fingerprint density at radius 1 is 1.14 bits per heavy atom. The summed E-state index contributed by atoms with van der Waals surface area (Å²) in [5, 5.41) is 8.90. The van der Waals surface area contributed by atoms with E-state index >= 15 is 0 Å². The van der Waals surface area contributed by atoms with Crippen molar-refractivity contribution in [3.05, 3.63) is 45.1 Å². The molecule has 0 spiro atoms. The van der Waals surface area contributed by atoms with Crippen molar-refractivity contribution in [3.8, 4) is 11.5 Å². The van der Waals surface area contributed by atoms with Crippen molar-refractivity contribution in [3.63, 3.8) is 0 Å². The molecule has 0 aliphatic heterocycles. The molecule has 0 fully saturated rings. The van der Waals surface area contributed by atoms with Gasteiger partial charge in [-0.25, -0.2) is 5.43 Å². The van der Waals surface area contributed by atoms with E-state index in [1.807, 2.05) is 6.92 Å². The lowest BCUT2D eigenvalue weighted by molar-refractivity contribution is -0.120. The van der Waals surface area contributed by atoms with E-state index < -0.39 is 0 Å². The fourth-order valence-electron chi connectivity index (χ4n) is 3.28. The Kier molecular flexibility index (Phi) is 6.87. The van der Waals surface area contributed by atoms with E-state index in [9.17, 15) is 9.59 Å². The van der Waals surface area contributed by atoms with E-state index in [4.69, 9.17) is 9.47 Å². The average Bonchev–Trinajstić information content (AvgIpc) is 3.19. The molecule has 0 radical (unpaired) electrons. The molecular formula is C21H25N3O4S. The number of fused-ring (bicyclic) bond motifs is 1. The van der Waals surface area contributed by atoms with Gasteiger partial charge in [0.2, 0.25) is 0 Å². The van der Waals surface area contributed by atoms with Gasteiger partial charge in [0, 0.05) is 21.4 Å². The van der Waals surface area contributed by atoms with Crippen LogP contribution in [0.3, 0.4) is 0 Å². The number of hydrazone groups is 1. The number of hydrogen-bond donors (Lipinski definition) is 2. The summed E-state index contributed by atoms with van der Waals surface area (Å²) < 4.78 is 10.3. The number of amides is 2. The Balaban J connectivity index is 1.55. The summed E-state index contributed by atoms with van der Waals surface area (Å²) in [5.74, 6) is 0.210. The summed E-state index contributed by atoms with van der Waals surface area (Å²) in [4.78, 5) is 25.8. The number of methoxy groups -OCH3 is 2. The van der Waals surface area contributed by atoms with Crippen molar-refractivity contribution in [2.24, 2.45) is 5.10 Å². The van der Waals surface area contributed by atoms with E-state index in [0.29, 0.717) is 17.1 Å². The SMILES string of the molecule is COc1ccc(C(=O)NCC(=O)NN=C(C)c2csc3c2CCCC3)cc1OC. The Hall–Kier alpha value is -2.87. The zero-order valence-electron chi connectivity index (χ0n) is 16.8. The number of nitrogens with one attached hydrogen (secondary N) is 2. The number of benzene rings is 1. The lowest BCUT2D eigenvalue weighted by Crippen LogP contribution is -2.35. The third kappa shape index (κ3) is 4.95. The van der Waals surface area contributed by atoms with Crippen LogP contribution in [0.2, 0.25) is 0 Å². The molecule has 3 rings (SSSR count). The first-order valence-corrected chi connectivity index (χ1v) is 10.3. The van der Waals surface area contributed by atoms with Gasteiger partial charge in [-0.05, 0) is 56.4 Å². The lowest BCUT2D eigenvalue weighted by Gasteiger charge is -2.12. The number of hydrogen-bond acceptors (Lipinski definition) is 6. The zero-order chi connectivity index (χ0) is 20.8.